The topological polar surface area (TPSA) is 76.4 Å². The summed E-state index contributed by atoms with van der Waals surface area (Å²) in [5.41, 5.74) is 10.00. The molecule has 4 N–H and O–H groups in total. The molecule has 5 nitrogen and oxygen atoms in total. The van der Waals surface area contributed by atoms with Crippen molar-refractivity contribution in [3.05, 3.63) is 53.6 Å². The minimum absolute atomic E-state index is 0.161. The van der Waals surface area contributed by atoms with E-state index in [-0.39, 0.29) is 5.91 Å². The summed E-state index contributed by atoms with van der Waals surface area (Å²) in [7, 11) is 1.59. The summed E-state index contributed by atoms with van der Waals surface area (Å²) in [6.45, 7) is 2.98. The predicted octanol–water partition coefficient (Wildman–Crippen LogP) is 2.70. The van der Waals surface area contributed by atoms with Crippen LogP contribution in [0, 0.1) is 6.92 Å². The number of hydrogen-bond donors (Lipinski definition) is 3. The molecule has 5 heteroatoms. The molecule has 0 spiro atoms. The predicted molar refractivity (Wildman–Crippen MR) is 89.5 cm³/mol. The van der Waals surface area contributed by atoms with Gasteiger partial charge in [-0.1, -0.05) is 12.1 Å². The summed E-state index contributed by atoms with van der Waals surface area (Å²) in [4.78, 5) is 11.9. The van der Waals surface area contributed by atoms with E-state index in [1.165, 1.54) is 0 Å². The van der Waals surface area contributed by atoms with E-state index >= 15 is 0 Å². The number of methoxy groups -OCH3 is 1. The maximum atomic E-state index is 11.9. The fourth-order valence-electron chi connectivity index (χ4n) is 2.06. The summed E-state index contributed by atoms with van der Waals surface area (Å²) < 4.78 is 4.90. The van der Waals surface area contributed by atoms with Gasteiger partial charge in [0.25, 0.3) is 5.91 Å². The normalized spacial score (nSPS) is 10.3. The Morgan fingerprint density at radius 3 is 2.73 bits per heavy atom. The van der Waals surface area contributed by atoms with Crippen molar-refractivity contribution in [2.75, 3.05) is 31.3 Å². The third kappa shape index (κ3) is 4.23. The third-order valence-electron chi connectivity index (χ3n) is 3.20. The summed E-state index contributed by atoms with van der Waals surface area (Å²) in [6, 6.07) is 13.2. The van der Waals surface area contributed by atoms with Crippen molar-refractivity contribution in [3.63, 3.8) is 0 Å². The molecule has 2 aromatic carbocycles. The highest BCUT2D eigenvalue weighted by atomic mass is 16.5. The van der Waals surface area contributed by atoms with Crippen molar-refractivity contribution in [2.24, 2.45) is 0 Å². The zero-order valence-electron chi connectivity index (χ0n) is 12.8. The number of nitrogens with two attached hydrogens (primary N) is 1. The molecule has 0 unspecified atom stereocenters. The van der Waals surface area contributed by atoms with E-state index < -0.39 is 0 Å². The van der Waals surface area contributed by atoms with Gasteiger partial charge in [-0.15, -0.1) is 0 Å². The number of nitrogens with one attached hydrogen (secondary N) is 2. The first-order valence-corrected chi connectivity index (χ1v) is 7.10. The van der Waals surface area contributed by atoms with Crippen LogP contribution >= 0.6 is 0 Å². The molecule has 2 rings (SSSR count). The molecular weight excluding hydrogens is 278 g/mol. The summed E-state index contributed by atoms with van der Waals surface area (Å²) >= 11 is 0. The SMILES string of the molecule is COCCNC(=O)c1ccc(Nc2cccc(C)c2)c(N)c1. The number of carbonyl (C=O) groups is 1. The van der Waals surface area contributed by atoms with E-state index in [0.717, 1.165) is 16.9 Å². The number of aryl methyl sites for hydroxylation is 1. The van der Waals surface area contributed by atoms with Gasteiger partial charge < -0.3 is 21.1 Å². The van der Waals surface area contributed by atoms with Crippen molar-refractivity contribution >= 4 is 23.0 Å². The quantitative estimate of drug-likeness (QED) is 0.566. The third-order valence-corrected chi connectivity index (χ3v) is 3.20. The number of ether oxygens (including phenoxy) is 1. The zero-order valence-corrected chi connectivity index (χ0v) is 12.8. The van der Waals surface area contributed by atoms with Crippen molar-refractivity contribution in [1.29, 1.82) is 0 Å². The van der Waals surface area contributed by atoms with Gasteiger partial charge in [0.15, 0.2) is 0 Å². The Bertz CT molecular complexity index is 656. The minimum Gasteiger partial charge on any atom is -0.397 e. The monoisotopic (exact) mass is 299 g/mol. The Kier molecular flexibility index (Phi) is 5.38. The van der Waals surface area contributed by atoms with Crippen molar-refractivity contribution < 1.29 is 9.53 Å². The Hall–Kier alpha value is -2.53. The molecule has 116 valence electrons. The van der Waals surface area contributed by atoms with Gasteiger partial charge in [0.1, 0.15) is 0 Å². The van der Waals surface area contributed by atoms with Gasteiger partial charge in [0, 0.05) is 24.9 Å². The van der Waals surface area contributed by atoms with Gasteiger partial charge in [-0.05, 0) is 42.8 Å². The second-order valence-corrected chi connectivity index (χ2v) is 5.05. The fraction of sp³-hybridized carbons (Fsp3) is 0.235. The van der Waals surface area contributed by atoms with E-state index in [1.54, 1.807) is 19.2 Å². The maximum absolute atomic E-state index is 11.9. The Morgan fingerprint density at radius 2 is 2.05 bits per heavy atom. The van der Waals surface area contributed by atoms with Gasteiger partial charge in [0.05, 0.1) is 18.0 Å². The van der Waals surface area contributed by atoms with Crippen LogP contribution in [0.15, 0.2) is 42.5 Å². The summed E-state index contributed by atoms with van der Waals surface area (Å²) in [6.07, 6.45) is 0. The molecule has 22 heavy (non-hydrogen) atoms. The highest BCUT2D eigenvalue weighted by molar-refractivity contribution is 5.96. The molecule has 0 aliphatic rings. The molecule has 1 amide bonds. The lowest BCUT2D eigenvalue weighted by Gasteiger charge is -2.11. The van der Waals surface area contributed by atoms with Crippen LogP contribution in [0.4, 0.5) is 17.1 Å². The maximum Gasteiger partial charge on any atom is 0.251 e. The lowest BCUT2D eigenvalue weighted by Crippen LogP contribution is -2.27. The molecular formula is C17H21N3O2. The van der Waals surface area contributed by atoms with Gasteiger partial charge >= 0.3 is 0 Å². The summed E-state index contributed by atoms with van der Waals surface area (Å²) in [5.74, 6) is -0.161. The molecule has 0 aliphatic heterocycles. The summed E-state index contributed by atoms with van der Waals surface area (Å²) in [5, 5.41) is 6.02. The molecule has 0 aliphatic carbocycles. The van der Waals surface area contributed by atoms with E-state index in [0.29, 0.717) is 24.4 Å². The first-order chi connectivity index (χ1) is 10.6. The van der Waals surface area contributed by atoms with Crippen LogP contribution in [0.2, 0.25) is 0 Å². The molecule has 0 aromatic heterocycles. The van der Waals surface area contributed by atoms with E-state index in [4.69, 9.17) is 10.5 Å². The van der Waals surface area contributed by atoms with E-state index in [9.17, 15) is 4.79 Å². The van der Waals surface area contributed by atoms with Gasteiger partial charge in [-0.3, -0.25) is 4.79 Å². The number of hydrogen-bond acceptors (Lipinski definition) is 4. The number of amides is 1. The molecule has 0 fully saturated rings. The van der Waals surface area contributed by atoms with Crippen LogP contribution in [0.3, 0.4) is 0 Å². The lowest BCUT2D eigenvalue weighted by atomic mass is 10.1. The van der Waals surface area contributed by atoms with Gasteiger partial charge in [-0.25, -0.2) is 0 Å². The van der Waals surface area contributed by atoms with Crippen molar-refractivity contribution in [1.82, 2.24) is 5.32 Å². The fourth-order valence-corrected chi connectivity index (χ4v) is 2.06. The molecule has 0 heterocycles. The van der Waals surface area contributed by atoms with Crippen LogP contribution < -0.4 is 16.4 Å². The van der Waals surface area contributed by atoms with Crippen LogP contribution in [-0.2, 0) is 4.74 Å². The average molecular weight is 299 g/mol. The molecule has 0 atom stereocenters. The lowest BCUT2D eigenvalue weighted by molar-refractivity contribution is 0.0937. The highest BCUT2D eigenvalue weighted by Crippen LogP contribution is 2.24. The Labute approximate surface area is 130 Å². The average Bonchev–Trinajstić information content (AvgIpc) is 2.49. The standard InChI is InChI=1S/C17H21N3O2/c1-12-4-3-5-14(10-12)20-16-7-6-13(11-15(16)18)17(21)19-8-9-22-2/h3-7,10-11,20H,8-9,18H2,1-2H3,(H,19,21). The number of carbonyl (C=O) groups excluding carboxylic acids is 1. The van der Waals surface area contributed by atoms with Crippen LogP contribution in [0.5, 0.6) is 0 Å². The van der Waals surface area contributed by atoms with Crippen molar-refractivity contribution in [2.45, 2.75) is 6.92 Å². The Balaban J connectivity index is 2.07. The molecule has 0 radical (unpaired) electrons. The number of nitrogen functional groups attached to an aromatic ring is 1. The van der Waals surface area contributed by atoms with Gasteiger partial charge in [0.2, 0.25) is 0 Å². The smallest absolute Gasteiger partial charge is 0.251 e. The Morgan fingerprint density at radius 1 is 1.23 bits per heavy atom. The van der Waals surface area contributed by atoms with Gasteiger partial charge in [-0.2, -0.15) is 0 Å². The number of anilines is 3. The number of rotatable bonds is 6. The zero-order chi connectivity index (χ0) is 15.9. The molecule has 0 saturated heterocycles. The molecule has 2 aromatic rings. The van der Waals surface area contributed by atoms with E-state index in [1.807, 2.05) is 37.3 Å². The number of benzene rings is 2. The highest BCUT2D eigenvalue weighted by Gasteiger charge is 2.08. The van der Waals surface area contributed by atoms with Crippen molar-refractivity contribution in [3.8, 4) is 0 Å². The first kappa shape index (κ1) is 15.9. The molecule has 0 bridgehead atoms. The van der Waals surface area contributed by atoms with Crippen LogP contribution in [-0.4, -0.2) is 26.2 Å². The largest absolute Gasteiger partial charge is 0.397 e. The van der Waals surface area contributed by atoms with Crippen LogP contribution in [0.25, 0.3) is 0 Å². The first-order valence-electron chi connectivity index (χ1n) is 7.10. The second kappa shape index (κ2) is 7.47. The van der Waals surface area contributed by atoms with Crippen LogP contribution in [0.1, 0.15) is 15.9 Å². The van der Waals surface area contributed by atoms with E-state index in [2.05, 4.69) is 10.6 Å². The molecule has 0 saturated carbocycles. The minimum atomic E-state index is -0.161. The second-order valence-electron chi connectivity index (χ2n) is 5.05.